The molecule has 10 nitrogen and oxygen atoms in total. The van der Waals surface area contributed by atoms with Crippen molar-refractivity contribution in [2.75, 3.05) is 47.8 Å². The number of nitrogens with zero attached hydrogens (tertiary/aromatic N) is 2. The lowest BCUT2D eigenvalue weighted by Gasteiger charge is -2.44. The van der Waals surface area contributed by atoms with Crippen molar-refractivity contribution < 1.29 is 34.0 Å². The van der Waals surface area contributed by atoms with Crippen LogP contribution in [0.3, 0.4) is 0 Å². The third-order valence-corrected chi connectivity index (χ3v) is 9.83. The Morgan fingerprint density at radius 1 is 1.04 bits per heavy atom. The Morgan fingerprint density at radius 2 is 1.74 bits per heavy atom. The van der Waals surface area contributed by atoms with Crippen molar-refractivity contribution in [2.45, 2.75) is 123 Å². The van der Waals surface area contributed by atoms with Gasteiger partial charge in [0, 0.05) is 23.8 Å². The minimum atomic E-state index is -1.06. The van der Waals surface area contributed by atoms with Crippen LogP contribution in [0.25, 0.3) is 0 Å². The van der Waals surface area contributed by atoms with Gasteiger partial charge in [-0.1, -0.05) is 45.4 Å². The predicted molar refractivity (Wildman–Crippen MR) is 182 cm³/mol. The third-order valence-electron chi connectivity index (χ3n) is 9.83. The number of hydrogen-bond donors (Lipinski definition) is 3. The van der Waals surface area contributed by atoms with Gasteiger partial charge in [-0.2, -0.15) is 0 Å². The maximum absolute atomic E-state index is 13.4. The molecular weight excluding hydrogens is 586 g/mol. The van der Waals surface area contributed by atoms with Gasteiger partial charge in [-0.15, -0.1) is 0 Å². The molecule has 1 saturated heterocycles. The number of esters is 1. The summed E-state index contributed by atoms with van der Waals surface area (Å²) >= 11 is 0. The Labute approximate surface area is 278 Å². The van der Waals surface area contributed by atoms with Crippen LogP contribution in [-0.2, 0) is 23.8 Å². The first-order valence-electron chi connectivity index (χ1n) is 17.4. The van der Waals surface area contributed by atoms with Crippen LogP contribution in [0.2, 0.25) is 0 Å². The second kappa shape index (κ2) is 20.0. The van der Waals surface area contributed by atoms with Gasteiger partial charge >= 0.3 is 5.97 Å². The van der Waals surface area contributed by atoms with E-state index in [4.69, 9.17) is 14.2 Å². The lowest BCUT2D eigenvalue weighted by Crippen LogP contribution is -2.56. The van der Waals surface area contributed by atoms with Crippen molar-refractivity contribution in [1.29, 1.82) is 0 Å². The number of ketones is 1. The van der Waals surface area contributed by atoms with Crippen molar-refractivity contribution in [3.63, 3.8) is 0 Å². The molecule has 1 fully saturated rings. The molecule has 0 aromatic carbocycles. The highest BCUT2D eigenvalue weighted by Gasteiger charge is 2.43. The molecule has 0 bridgehead atoms. The van der Waals surface area contributed by atoms with E-state index in [1.165, 1.54) is 0 Å². The van der Waals surface area contributed by atoms with E-state index < -0.39 is 36.5 Å². The molecule has 0 aromatic heterocycles. The number of carbonyl (C=O) groups is 2. The summed E-state index contributed by atoms with van der Waals surface area (Å²) < 4.78 is 18.8. The Balaban J connectivity index is 2.53. The molecule has 10 heteroatoms. The van der Waals surface area contributed by atoms with Crippen LogP contribution in [0.4, 0.5) is 0 Å². The molecule has 11 atom stereocenters. The number of rotatable bonds is 11. The molecule has 2 heterocycles. The van der Waals surface area contributed by atoms with E-state index in [-0.39, 0.29) is 48.2 Å². The van der Waals surface area contributed by atoms with Gasteiger partial charge in [0.2, 0.25) is 0 Å². The molecule has 46 heavy (non-hydrogen) atoms. The van der Waals surface area contributed by atoms with Gasteiger partial charge in [0.1, 0.15) is 12.2 Å². The van der Waals surface area contributed by atoms with Gasteiger partial charge in [0.25, 0.3) is 0 Å². The van der Waals surface area contributed by atoms with Crippen LogP contribution >= 0.6 is 0 Å². The molecule has 2 aliphatic rings. The first-order chi connectivity index (χ1) is 21.7. The number of nitrogens with one attached hydrogen (secondary N) is 1. The van der Waals surface area contributed by atoms with E-state index in [0.717, 1.165) is 31.6 Å². The number of carbonyl (C=O) groups excluding carboxylic acids is 2. The van der Waals surface area contributed by atoms with Gasteiger partial charge in [0.05, 0.1) is 24.7 Å². The molecule has 1 unspecified atom stereocenters. The Hall–Kier alpha value is -1.66. The topological polar surface area (TPSA) is 121 Å². The first kappa shape index (κ1) is 40.5. The van der Waals surface area contributed by atoms with Crippen molar-refractivity contribution in [2.24, 2.45) is 23.7 Å². The van der Waals surface area contributed by atoms with E-state index in [1.54, 1.807) is 6.08 Å². The van der Waals surface area contributed by atoms with Crippen molar-refractivity contribution in [3.05, 3.63) is 23.8 Å². The molecule has 0 saturated carbocycles. The summed E-state index contributed by atoms with van der Waals surface area (Å²) in [4.78, 5) is 30.9. The largest absolute Gasteiger partial charge is 0.462 e. The number of hydrogen-bond acceptors (Lipinski definition) is 10. The van der Waals surface area contributed by atoms with Crippen molar-refractivity contribution >= 4 is 11.8 Å². The van der Waals surface area contributed by atoms with E-state index in [9.17, 15) is 19.8 Å². The van der Waals surface area contributed by atoms with E-state index in [2.05, 4.69) is 17.3 Å². The fraction of sp³-hybridized carbons (Fsp3) is 0.833. The van der Waals surface area contributed by atoms with E-state index in [0.29, 0.717) is 25.7 Å². The van der Waals surface area contributed by atoms with Crippen molar-refractivity contribution in [1.82, 2.24) is 15.1 Å². The minimum absolute atomic E-state index is 0.0283. The second-order valence-electron chi connectivity index (χ2n) is 14.2. The fourth-order valence-corrected chi connectivity index (χ4v) is 6.79. The Bertz CT molecular complexity index is 989. The van der Waals surface area contributed by atoms with Crippen LogP contribution < -0.4 is 5.32 Å². The maximum Gasteiger partial charge on any atom is 0.308 e. The third kappa shape index (κ3) is 12.7. The van der Waals surface area contributed by atoms with Gasteiger partial charge < -0.3 is 39.5 Å². The van der Waals surface area contributed by atoms with Crippen LogP contribution in [0, 0.1) is 23.7 Å². The number of aliphatic hydroxyl groups is 2. The van der Waals surface area contributed by atoms with E-state index >= 15 is 0 Å². The number of likely N-dealkylation sites (N-methyl/N-ethyl adjacent to an activating group) is 1. The average Bonchev–Trinajstić information content (AvgIpc) is 2.99. The summed E-state index contributed by atoms with van der Waals surface area (Å²) in [7, 11) is 7.90. The summed E-state index contributed by atoms with van der Waals surface area (Å²) in [5.74, 6) is -1.47. The zero-order valence-electron chi connectivity index (χ0n) is 30.3. The Morgan fingerprint density at radius 3 is 2.37 bits per heavy atom. The van der Waals surface area contributed by atoms with Gasteiger partial charge in [0.15, 0.2) is 12.1 Å². The Kier molecular flexibility index (Phi) is 17.6. The number of ether oxygens (including phenoxy) is 3. The quantitative estimate of drug-likeness (QED) is 0.225. The van der Waals surface area contributed by atoms with Crippen LogP contribution in [0.1, 0.15) is 80.1 Å². The number of cyclic esters (lactones) is 1. The average molecular weight is 652 g/mol. The summed E-state index contributed by atoms with van der Waals surface area (Å²) in [6.45, 7) is 14.3. The second-order valence-corrected chi connectivity index (χ2v) is 14.2. The van der Waals surface area contributed by atoms with Crippen LogP contribution in [0.5, 0.6) is 0 Å². The molecule has 0 spiro atoms. The smallest absolute Gasteiger partial charge is 0.308 e. The molecule has 3 N–H and O–H groups in total. The highest BCUT2D eigenvalue weighted by Crippen LogP contribution is 2.34. The summed E-state index contributed by atoms with van der Waals surface area (Å²) in [5.41, 5.74) is 0.928. The first-order valence-corrected chi connectivity index (χ1v) is 17.4. The number of aliphatic hydroxyl groups excluding tert-OH is 2. The normalized spacial score (nSPS) is 37.6. The summed E-state index contributed by atoms with van der Waals surface area (Å²) in [6, 6.07) is -0.165. The monoisotopic (exact) mass is 651 g/mol. The van der Waals surface area contributed by atoms with Crippen LogP contribution in [-0.4, -0.2) is 122 Å². The minimum Gasteiger partial charge on any atom is -0.462 e. The highest BCUT2D eigenvalue weighted by atomic mass is 16.7. The molecule has 0 aliphatic carbocycles. The molecule has 2 aliphatic heterocycles. The SMILES string of the molecule is CC[C@H]1OC(=O)CC(O)[C@H](C)[C@@H](O[C@@H]2O[C@H](C)C[C@H](N(C)C)[C@H]2O)[C@@H](CCN(C)CCCNC)C[C@@H](C)C(=O)/C=C/C(C)=C/[C@@H]1C. The van der Waals surface area contributed by atoms with E-state index in [1.807, 2.05) is 79.7 Å². The molecule has 2 rings (SSSR count). The molecule has 0 radical (unpaired) electrons. The zero-order valence-corrected chi connectivity index (χ0v) is 30.3. The van der Waals surface area contributed by atoms with Gasteiger partial charge in [-0.25, -0.2) is 0 Å². The fourth-order valence-electron chi connectivity index (χ4n) is 6.79. The molecule has 266 valence electrons. The zero-order chi connectivity index (χ0) is 34.6. The summed E-state index contributed by atoms with van der Waals surface area (Å²) in [5, 5.41) is 26.1. The standard InChI is InChI=1S/C36H65N3O7/c1-11-32-25(4)19-23(2)13-14-30(40)24(3)20-28(15-18-39(10)17-12-16-37-7)35(27(6)31(41)22-33(42)45-32)46-36-34(43)29(38(8)9)21-26(5)44-36/h13-14,19,24-29,31-32,34-37,41,43H,11-12,15-18,20-22H2,1-10H3/b14-13+,23-19+/t24-,25+,26-,27+,28+,29+,31?,32-,34-,35-,36+/m1/s1. The highest BCUT2D eigenvalue weighted by molar-refractivity contribution is 5.91. The maximum atomic E-state index is 13.4. The number of allylic oxidation sites excluding steroid dienone is 3. The molecule has 0 amide bonds. The van der Waals surface area contributed by atoms with Gasteiger partial charge in [-0.05, 0) is 106 Å². The molecule has 0 aromatic rings. The summed E-state index contributed by atoms with van der Waals surface area (Å²) in [6.07, 6.45) is 4.86. The lowest BCUT2D eigenvalue weighted by molar-refractivity contribution is -0.283. The van der Waals surface area contributed by atoms with Gasteiger partial charge in [-0.3, -0.25) is 9.59 Å². The lowest BCUT2D eigenvalue weighted by atomic mass is 9.79. The van der Waals surface area contributed by atoms with Crippen LogP contribution in [0.15, 0.2) is 23.8 Å². The van der Waals surface area contributed by atoms with Crippen molar-refractivity contribution in [3.8, 4) is 0 Å². The molecular formula is C36H65N3O7. The predicted octanol–water partition coefficient (Wildman–Crippen LogP) is 3.80.